The van der Waals surface area contributed by atoms with E-state index in [2.05, 4.69) is 25.6 Å². The second-order valence-electron chi connectivity index (χ2n) is 5.39. The number of hydrogen-bond acceptors (Lipinski definition) is 6. The third-order valence-electron chi connectivity index (χ3n) is 3.56. The average molecular weight is 353 g/mol. The molecule has 0 saturated heterocycles. The van der Waals surface area contributed by atoms with Crippen molar-refractivity contribution in [3.63, 3.8) is 0 Å². The molecule has 0 bridgehead atoms. The topological polar surface area (TPSA) is 120 Å². The van der Waals surface area contributed by atoms with E-state index in [-0.39, 0.29) is 12.6 Å². The van der Waals surface area contributed by atoms with Crippen LogP contribution >= 0.6 is 0 Å². The Morgan fingerprint density at radius 3 is 2.96 bits per heavy atom. The van der Waals surface area contributed by atoms with Gasteiger partial charge in [-0.3, -0.25) is 0 Å². The van der Waals surface area contributed by atoms with Crippen molar-refractivity contribution in [2.45, 2.75) is 13.1 Å². The van der Waals surface area contributed by atoms with Crippen molar-refractivity contribution in [2.75, 3.05) is 17.7 Å². The molecule has 3 rings (SSSR count). The van der Waals surface area contributed by atoms with Gasteiger partial charge >= 0.3 is 6.03 Å². The first kappa shape index (κ1) is 17.2. The lowest BCUT2D eigenvalue weighted by atomic mass is 10.3. The highest BCUT2D eigenvalue weighted by atomic mass is 16.5. The van der Waals surface area contributed by atoms with Crippen LogP contribution in [0, 0.1) is 0 Å². The molecule has 9 nitrogen and oxygen atoms in total. The third kappa shape index (κ3) is 4.69. The van der Waals surface area contributed by atoms with E-state index in [9.17, 15) is 4.79 Å². The summed E-state index contributed by atoms with van der Waals surface area (Å²) in [7, 11) is 0. The Morgan fingerprint density at radius 2 is 2.15 bits per heavy atom. The molecule has 0 radical (unpaired) electrons. The second kappa shape index (κ2) is 8.47. The minimum absolute atomic E-state index is 0.224. The molecule has 0 aliphatic heterocycles. The van der Waals surface area contributed by atoms with Gasteiger partial charge in [0.2, 0.25) is 0 Å². The van der Waals surface area contributed by atoms with Gasteiger partial charge in [-0.2, -0.15) is 0 Å². The summed E-state index contributed by atoms with van der Waals surface area (Å²) in [4.78, 5) is 23.9. The summed E-state index contributed by atoms with van der Waals surface area (Å²) < 4.78 is 7.67. The minimum Gasteiger partial charge on any atom is -0.490 e. The molecule has 26 heavy (non-hydrogen) atoms. The van der Waals surface area contributed by atoms with Gasteiger partial charge < -0.3 is 25.7 Å². The number of carbonyl (C=O) groups excluding carboxylic acids is 1. The van der Waals surface area contributed by atoms with Crippen molar-refractivity contribution in [3.05, 3.63) is 61.1 Å². The lowest BCUT2D eigenvalue weighted by Crippen LogP contribution is -2.29. The number of nitrogens with one attached hydrogen (secondary N) is 2. The first-order valence-corrected chi connectivity index (χ1v) is 7.99. The predicted octanol–water partition coefficient (Wildman–Crippen LogP) is 1.66. The van der Waals surface area contributed by atoms with E-state index in [0.29, 0.717) is 36.0 Å². The van der Waals surface area contributed by atoms with Gasteiger partial charge in [-0.15, -0.1) is 0 Å². The molecule has 2 aromatic heterocycles. The number of carbonyl (C=O) groups is 1. The van der Waals surface area contributed by atoms with Crippen LogP contribution in [0.5, 0.6) is 5.75 Å². The van der Waals surface area contributed by atoms with Gasteiger partial charge in [0.1, 0.15) is 24.5 Å². The van der Waals surface area contributed by atoms with Gasteiger partial charge in [0.25, 0.3) is 0 Å². The lowest BCUT2D eigenvalue weighted by molar-refractivity contribution is 0.251. The van der Waals surface area contributed by atoms with Crippen LogP contribution in [0.2, 0.25) is 0 Å². The van der Waals surface area contributed by atoms with E-state index in [1.54, 1.807) is 30.9 Å². The first-order chi connectivity index (χ1) is 12.7. The van der Waals surface area contributed by atoms with Crippen LogP contribution in [0.3, 0.4) is 0 Å². The van der Waals surface area contributed by atoms with Gasteiger partial charge in [0, 0.05) is 30.7 Å². The number of aromatic nitrogens is 4. The van der Waals surface area contributed by atoms with E-state index in [0.717, 1.165) is 0 Å². The maximum absolute atomic E-state index is 12.1. The molecule has 4 N–H and O–H groups in total. The fourth-order valence-corrected chi connectivity index (χ4v) is 2.22. The first-order valence-electron chi connectivity index (χ1n) is 7.99. The normalized spacial score (nSPS) is 10.3. The van der Waals surface area contributed by atoms with E-state index in [1.807, 2.05) is 22.9 Å². The number of anilines is 2. The van der Waals surface area contributed by atoms with E-state index in [1.165, 1.54) is 6.33 Å². The standard InChI is InChI=1S/C17H19N7O2/c18-16-13(9-20-11-22-16)10-21-17(25)23-14-3-1-2-4-15(14)26-8-7-24-6-5-19-12-24/h1-6,9,11-12H,7-8,10H2,(H2,18,20,22)(H2,21,23,25). The molecule has 2 heterocycles. The number of benzene rings is 1. The van der Waals surface area contributed by atoms with Crippen molar-refractivity contribution in [3.8, 4) is 5.75 Å². The van der Waals surface area contributed by atoms with Crippen LogP contribution in [0.4, 0.5) is 16.3 Å². The lowest BCUT2D eigenvalue weighted by Gasteiger charge is -2.13. The number of nitrogen functional groups attached to an aromatic ring is 1. The predicted molar refractivity (Wildman–Crippen MR) is 96.5 cm³/mol. The number of hydrogen-bond donors (Lipinski definition) is 3. The largest absolute Gasteiger partial charge is 0.490 e. The smallest absolute Gasteiger partial charge is 0.319 e. The van der Waals surface area contributed by atoms with Crippen molar-refractivity contribution in [1.82, 2.24) is 24.8 Å². The molecule has 1 aromatic carbocycles. The SMILES string of the molecule is Nc1ncncc1CNC(=O)Nc1ccccc1OCCn1ccnc1. The third-order valence-corrected chi connectivity index (χ3v) is 3.56. The molecular weight excluding hydrogens is 334 g/mol. The van der Waals surface area contributed by atoms with Gasteiger partial charge in [0.05, 0.1) is 18.6 Å². The highest BCUT2D eigenvalue weighted by molar-refractivity contribution is 5.90. The zero-order valence-corrected chi connectivity index (χ0v) is 14.0. The molecule has 0 aliphatic carbocycles. The number of nitrogens with zero attached hydrogens (tertiary/aromatic N) is 4. The zero-order chi connectivity index (χ0) is 18.2. The van der Waals surface area contributed by atoms with Gasteiger partial charge in [-0.1, -0.05) is 12.1 Å². The van der Waals surface area contributed by atoms with Crippen LogP contribution in [-0.2, 0) is 13.1 Å². The van der Waals surface area contributed by atoms with Crippen LogP contribution in [0.1, 0.15) is 5.56 Å². The molecule has 0 unspecified atom stereocenters. The molecule has 3 aromatic rings. The Morgan fingerprint density at radius 1 is 1.27 bits per heavy atom. The Kier molecular flexibility index (Phi) is 5.61. The maximum Gasteiger partial charge on any atom is 0.319 e. The molecule has 0 spiro atoms. The number of nitrogens with two attached hydrogens (primary N) is 1. The van der Waals surface area contributed by atoms with Crippen LogP contribution in [0.25, 0.3) is 0 Å². The van der Waals surface area contributed by atoms with E-state index in [4.69, 9.17) is 10.5 Å². The fraction of sp³-hybridized carbons (Fsp3) is 0.176. The fourth-order valence-electron chi connectivity index (χ4n) is 2.22. The Bertz CT molecular complexity index is 852. The van der Waals surface area contributed by atoms with Gasteiger partial charge in [0.15, 0.2) is 0 Å². The quantitative estimate of drug-likeness (QED) is 0.594. The molecule has 0 fully saturated rings. The molecule has 0 atom stereocenters. The summed E-state index contributed by atoms with van der Waals surface area (Å²) in [5.41, 5.74) is 6.95. The van der Waals surface area contributed by atoms with Crippen LogP contribution in [-0.4, -0.2) is 32.2 Å². The Hall–Kier alpha value is -3.62. The molecule has 2 amide bonds. The van der Waals surface area contributed by atoms with E-state index >= 15 is 0 Å². The highest BCUT2D eigenvalue weighted by Crippen LogP contribution is 2.23. The van der Waals surface area contributed by atoms with Crippen LogP contribution in [0.15, 0.2) is 55.5 Å². The number of imidazole rings is 1. The molecule has 0 aliphatic rings. The number of rotatable bonds is 7. The molecular formula is C17H19N7O2. The maximum atomic E-state index is 12.1. The molecule has 9 heteroatoms. The summed E-state index contributed by atoms with van der Waals surface area (Å²) in [6.45, 7) is 1.34. The van der Waals surface area contributed by atoms with Gasteiger partial charge in [-0.25, -0.2) is 19.7 Å². The highest BCUT2D eigenvalue weighted by Gasteiger charge is 2.08. The van der Waals surface area contributed by atoms with Crippen molar-refractivity contribution < 1.29 is 9.53 Å². The summed E-state index contributed by atoms with van der Waals surface area (Å²) in [5.74, 6) is 0.925. The second-order valence-corrected chi connectivity index (χ2v) is 5.39. The Labute approximate surface area is 150 Å². The number of amides is 2. The number of urea groups is 1. The molecule has 134 valence electrons. The minimum atomic E-state index is -0.376. The van der Waals surface area contributed by atoms with E-state index < -0.39 is 0 Å². The van der Waals surface area contributed by atoms with Crippen molar-refractivity contribution in [1.29, 1.82) is 0 Å². The summed E-state index contributed by atoms with van der Waals surface area (Å²) in [6.07, 6.45) is 8.22. The van der Waals surface area contributed by atoms with Crippen molar-refractivity contribution >= 4 is 17.5 Å². The summed E-state index contributed by atoms with van der Waals surface area (Å²) >= 11 is 0. The monoisotopic (exact) mass is 353 g/mol. The molecule has 0 saturated carbocycles. The summed E-state index contributed by atoms with van der Waals surface area (Å²) in [5, 5.41) is 5.48. The summed E-state index contributed by atoms with van der Waals surface area (Å²) in [6, 6.07) is 6.86. The van der Waals surface area contributed by atoms with Crippen molar-refractivity contribution in [2.24, 2.45) is 0 Å². The number of para-hydroxylation sites is 2. The average Bonchev–Trinajstić information content (AvgIpc) is 3.16. The number of ether oxygens (including phenoxy) is 1. The van der Waals surface area contributed by atoms with Crippen LogP contribution < -0.4 is 21.1 Å². The zero-order valence-electron chi connectivity index (χ0n) is 14.0. The van der Waals surface area contributed by atoms with Gasteiger partial charge in [-0.05, 0) is 12.1 Å². The Balaban J connectivity index is 1.53.